The first kappa shape index (κ1) is 17.6. The topological polar surface area (TPSA) is 61.4 Å². The molecular formula is C20H21N5OS. The highest BCUT2D eigenvalue weighted by atomic mass is 32.1. The number of aromatic nitrogens is 2. The van der Waals surface area contributed by atoms with Gasteiger partial charge in [0.15, 0.2) is 5.13 Å². The monoisotopic (exact) mass is 379 g/mol. The summed E-state index contributed by atoms with van der Waals surface area (Å²) in [6.07, 6.45) is 3.67. The zero-order valence-corrected chi connectivity index (χ0v) is 15.9. The molecule has 0 aliphatic carbocycles. The van der Waals surface area contributed by atoms with Crippen LogP contribution >= 0.6 is 11.3 Å². The number of piperazine rings is 1. The van der Waals surface area contributed by atoms with Gasteiger partial charge in [-0.1, -0.05) is 41.7 Å². The van der Waals surface area contributed by atoms with E-state index < -0.39 is 0 Å². The number of hydrogen-bond acceptors (Lipinski definition) is 6. The number of carbonyl (C=O) groups is 1. The van der Waals surface area contributed by atoms with Crippen molar-refractivity contribution in [2.45, 2.75) is 6.54 Å². The lowest BCUT2D eigenvalue weighted by atomic mass is 10.2. The molecule has 3 aromatic rings. The van der Waals surface area contributed by atoms with Gasteiger partial charge >= 0.3 is 0 Å². The van der Waals surface area contributed by atoms with Gasteiger partial charge in [0.25, 0.3) is 0 Å². The van der Waals surface area contributed by atoms with Crippen LogP contribution in [0.1, 0.15) is 5.56 Å². The predicted molar refractivity (Wildman–Crippen MR) is 108 cm³/mol. The Hall–Kier alpha value is -2.77. The number of pyridine rings is 1. The second-order valence-electron chi connectivity index (χ2n) is 6.60. The van der Waals surface area contributed by atoms with Crippen LogP contribution in [0.4, 0.5) is 10.9 Å². The van der Waals surface area contributed by atoms with Gasteiger partial charge in [-0.3, -0.25) is 9.69 Å². The first-order valence-corrected chi connectivity index (χ1v) is 9.68. The van der Waals surface area contributed by atoms with E-state index in [0.29, 0.717) is 6.54 Å². The van der Waals surface area contributed by atoms with E-state index in [-0.39, 0.29) is 5.91 Å². The van der Waals surface area contributed by atoms with Gasteiger partial charge in [0, 0.05) is 39.1 Å². The van der Waals surface area contributed by atoms with Crippen LogP contribution < -0.4 is 5.32 Å². The fraction of sp³-hybridized carbons (Fsp3) is 0.250. The van der Waals surface area contributed by atoms with Gasteiger partial charge in [0.1, 0.15) is 5.82 Å². The van der Waals surface area contributed by atoms with E-state index in [2.05, 4.69) is 32.3 Å². The second-order valence-corrected chi connectivity index (χ2v) is 7.63. The Bertz CT molecular complexity index is 927. The molecule has 6 nitrogen and oxygen atoms in total. The van der Waals surface area contributed by atoms with E-state index in [1.807, 2.05) is 43.6 Å². The standard InChI is InChI=1S/C20H21N5OS/c1-24-9-10-25(14-19(24)26)13-15-7-8-21-18(11-15)23-20-22-12-17(27-20)16-5-3-2-4-6-16/h2-8,11-12H,9-10,13-14H2,1H3,(H,21,22,23). The summed E-state index contributed by atoms with van der Waals surface area (Å²) >= 11 is 1.60. The lowest BCUT2D eigenvalue weighted by molar-refractivity contribution is -0.134. The van der Waals surface area contributed by atoms with Crippen molar-refractivity contribution >= 4 is 28.2 Å². The number of benzene rings is 1. The van der Waals surface area contributed by atoms with Crippen molar-refractivity contribution in [1.29, 1.82) is 0 Å². The number of nitrogens with zero attached hydrogens (tertiary/aromatic N) is 4. The van der Waals surface area contributed by atoms with Crippen molar-refractivity contribution in [3.8, 4) is 10.4 Å². The van der Waals surface area contributed by atoms with E-state index in [1.54, 1.807) is 22.4 Å². The van der Waals surface area contributed by atoms with Crippen molar-refractivity contribution in [2.75, 3.05) is 32.0 Å². The number of amides is 1. The van der Waals surface area contributed by atoms with Gasteiger partial charge in [-0.25, -0.2) is 9.97 Å². The molecule has 1 aromatic carbocycles. The van der Waals surface area contributed by atoms with Crippen LogP contribution in [0.3, 0.4) is 0 Å². The number of hydrogen-bond donors (Lipinski definition) is 1. The molecule has 0 spiro atoms. The van der Waals surface area contributed by atoms with Crippen molar-refractivity contribution in [3.05, 3.63) is 60.4 Å². The van der Waals surface area contributed by atoms with Crippen LogP contribution in [0.2, 0.25) is 0 Å². The normalized spacial score (nSPS) is 15.1. The Labute approximate surface area is 162 Å². The van der Waals surface area contributed by atoms with Crippen molar-refractivity contribution in [1.82, 2.24) is 19.8 Å². The molecule has 0 unspecified atom stereocenters. The summed E-state index contributed by atoms with van der Waals surface area (Å²) in [5.74, 6) is 0.937. The zero-order chi connectivity index (χ0) is 18.6. The summed E-state index contributed by atoms with van der Waals surface area (Å²) in [5, 5.41) is 4.10. The minimum atomic E-state index is 0.171. The molecule has 0 bridgehead atoms. The maximum Gasteiger partial charge on any atom is 0.236 e. The maximum absolute atomic E-state index is 11.9. The van der Waals surface area contributed by atoms with Crippen LogP contribution in [-0.2, 0) is 11.3 Å². The van der Waals surface area contributed by atoms with Gasteiger partial charge in [0.2, 0.25) is 5.91 Å². The fourth-order valence-electron chi connectivity index (χ4n) is 3.02. The maximum atomic E-state index is 11.9. The molecule has 27 heavy (non-hydrogen) atoms. The van der Waals surface area contributed by atoms with Gasteiger partial charge in [-0.2, -0.15) is 0 Å². The Morgan fingerprint density at radius 1 is 1.15 bits per heavy atom. The third kappa shape index (κ3) is 4.32. The summed E-state index contributed by atoms with van der Waals surface area (Å²) in [4.78, 5) is 25.8. The first-order chi connectivity index (χ1) is 13.2. The minimum Gasteiger partial charge on any atom is -0.343 e. The highest BCUT2D eigenvalue weighted by Crippen LogP contribution is 2.30. The summed E-state index contributed by atoms with van der Waals surface area (Å²) in [6.45, 7) is 2.87. The first-order valence-electron chi connectivity index (χ1n) is 8.87. The van der Waals surface area contributed by atoms with Crippen LogP contribution in [0.15, 0.2) is 54.9 Å². The predicted octanol–water partition coefficient (Wildman–Crippen LogP) is 3.22. The van der Waals surface area contributed by atoms with E-state index in [1.165, 1.54) is 0 Å². The van der Waals surface area contributed by atoms with E-state index >= 15 is 0 Å². The third-order valence-corrected chi connectivity index (χ3v) is 5.53. The molecule has 0 radical (unpaired) electrons. The summed E-state index contributed by atoms with van der Waals surface area (Å²) in [5.41, 5.74) is 2.29. The molecule has 7 heteroatoms. The van der Waals surface area contributed by atoms with E-state index in [0.717, 1.165) is 46.6 Å². The molecule has 1 aliphatic rings. The largest absolute Gasteiger partial charge is 0.343 e. The molecule has 4 rings (SSSR count). The second kappa shape index (κ2) is 7.85. The summed E-state index contributed by atoms with van der Waals surface area (Å²) < 4.78 is 0. The number of thiazole rings is 1. The van der Waals surface area contributed by atoms with Gasteiger partial charge in [0.05, 0.1) is 11.4 Å². The number of anilines is 2. The highest BCUT2D eigenvalue weighted by molar-refractivity contribution is 7.18. The minimum absolute atomic E-state index is 0.171. The molecule has 1 aliphatic heterocycles. The smallest absolute Gasteiger partial charge is 0.236 e. The molecule has 2 aromatic heterocycles. The van der Waals surface area contributed by atoms with E-state index in [4.69, 9.17) is 0 Å². The molecular weight excluding hydrogens is 358 g/mol. The summed E-state index contributed by atoms with van der Waals surface area (Å²) in [6, 6.07) is 14.2. The quantitative estimate of drug-likeness (QED) is 0.738. The van der Waals surface area contributed by atoms with Crippen LogP contribution in [-0.4, -0.2) is 52.4 Å². The number of likely N-dealkylation sites (N-methyl/N-ethyl adjacent to an activating group) is 1. The third-order valence-electron chi connectivity index (χ3n) is 4.57. The Balaban J connectivity index is 1.42. The molecule has 1 saturated heterocycles. The molecule has 3 heterocycles. The molecule has 1 N–H and O–H groups in total. The lowest BCUT2D eigenvalue weighted by Gasteiger charge is -2.31. The van der Waals surface area contributed by atoms with Crippen LogP contribution in [0.25, 0.3) is 10.4 Å². The average molecular weight is 379 g/mol. The number of nitrogens with one attached hydrogen (secondary N) is 1. The van der Waals surface area contributed by atoms with Crippen molar-refractivity contribution in [2.24, 2.45) is 0 Å². The number of rotatable bonds is 5. The van der Waals surface area contributed by atoms with Crippen molar-refractivity contribution in [3.63, 3.8) is 0 Å². The highest BCUT2D eigenvalue weighted by Gasteiger charge is 2.20. The Morgan fingerprint density at radius 3 is 2.81 bits per heavy atom. The molecule has 138 valence electrons. The average Bonchev–Trinajstić information content (AvgIpc) is 3.14. The van der Waals surface area contributed by atoms with Gasteiger partial charge < -0.3 is 10.2 Å². The Kier molecular flexibility index (Phi) is 5.13. The SMILES string of the molecule is CN1CCN(Cc2ccnc(Nc3ncc(-c4ccccc4)s3)c2)CC1=O. The lowest BCUT2D eigenvalue weighted by Crippen LogP contribution is -2.47. The summed E-state index contributed by atoms with van der Waals surface area (Å²) in [7, 11) is 1.85. The van der Waals surface area contributed by atoms with Gasteiger partial charge in [-0.15, -0.1) is 0 Å². The van der Waals surface area contributed by atoms with Crippen molar-refractivity contribution < 1.29 is 4.79 Å². The van der Waals surface area contributed by atoms with Crippen LogP contribution in [0, 0.1) is 0 Å². The molecule has 1 amide bonds. The molecule has 0 atom stereocenters. The Morgan fingerprint density at radius 2 is 2.00 bits per heavy atom. The van der Waals surface area contributed by atoms with Crippen LogP contribution in [0.5, 0.6) is 0 Å². The molecule has 1 fully saturated rings. The fourth-order valence-corrected chi connectivity index (χ4v) is 3.85. The van der Waals surface area contributed by atoms with Gasteiger partial charge in [-0.05, 0) is 23.3 Å². The number of carbonyl (C=O) groups excluding carboxylic acids is 1. The molecule has 0 saturated carbocycles. The van der Waals surface area contributed by atoms with E-state index in [9.17, 15) is 4.79 Å². The zero-order valence-electron chi connectivity index (χ0n) is 15.1.